The monoisotopic (exact) mass is 478 g/mol. The summed E-state index contributed by atoms with van der Waals surface area (Å²) in [7, 11) is 1.85. The van der Waals surface area contributed by atoms with Gasteiger partial charge >= 0.3 is 5.97 Å². The first-order valence-electron chi connectivity index (χ1n) is 12.7. The van der Waals surface area contributed by atoms with Gasteiger partial charge in [-0.15, -0.1) is 10.2 Å². The Balaban J connectivity index is 1.26. The number of carbonyl (C=O) groups is 1. The topological polar surface area (TPSA) is 116 Å². The number of hydrogen-bond donors (Lipinski definition) is 3. The third kappa shape index (κ3) is 5.10. The fourth-order valence-corrected chi connectivity index (χ4v) is 5.78. The van der Waals surface area contributed by atoms with Crippen LogP contribution in [0.15, 0.2) is 30.3 Å². The van der Waals surface area contributed by atoms with Crippen LogP contribution in [0.3, 0.4) is 0 Å². The number of aromatic nitrogens is 4. The summed E-state index contributed by atoms with van der Waals surface area (Å²) in [4.78, 5) is 13.6. The number of likely N-dealkylation sites (tertiary alicyclic amines) is 1. The van der Waals surface area contributed by atoms with Crippen molar-refractivity contribution in [2.24, 2.45) is 11.8 Å². The van der Waals surface area contributed by atoms with E-state index >= 15 is 0 Å². The summed E-state index contributed by atoms with van der Waals surface area (Å²) >= 11 is 0. The van der Waals surface area contributed by atoms with Crippen molar-refractivity contribution >= 4 is 22.8 Å². The van der Waals surface area contributed by atoms with E-state index in [1.807, 2.05) is 25.2 Å². The Labute approximate surface area is 205 Å². The SMILES string of the molecule is CNc1nn(C2CCN(CC3CCC(CC(=O)O)CC3)CC2)c2cc(-c3ccccc3O)nnc12. The van der Waals surface area contributed by atoms with Crippen LogP contribution >= 0.6 is 0 Å². The molecule has 2 aromatic heterocycles. The van der Waals surface area contributed by atoms with E-state index in [2.05, 4.69) is 25.1 Å². The number of aliphatic carboxylic acids is 1. The second kappa shape index (κ2) is 10.2. The van der Waals surface area contributed by atoms with Crippen LogP contribution in [0, 0.1) is 11.8 Å². The lowest BCUT2D eigenvalue weighted by atomic mass is 9.80. The summed E-state index contributed by atoms with van der Waals surface area (Å²) in [5, 5.41) is 36.1. The standard InChI is InChI=1S/C26H34N6O3/c1-27-26-25-22(15-21(28-29-25)20-4-2-3-5-23(20)33)32(30-26)19-10-12-31(13-11-19)16-18-8-6-17(7-9-18)14-24(34)35/h2-5,15,17-19,33H,6-14,16H2,1H3,(H,27,30)(H,34,35). The molecular formula is C26H34N6O3. The van der Waals surface area contributed by atoms with E-state index in [1.165, 1.54) is 0 Å². The molecule has 0 bridgehead atoms. The van der Waals surface area contributed by atoms with Crippen molar-refractivity contribution in [3.05, 3.63) is 30.3 Å². The molecule has 0 radical (unpaired) electrons. The van der Waals surface area contributed by atoms with Crippen molar-refractivity contribution in [1.29, 1.82) is 0 Å². The summed E-state index contributed by atoms with van der Waals surface area (Å²) in [6.45, 7) is 3.17. The average molecular weight is 479 g/mol. The highest BCUT2D eigenvalue weighted by Crippen LogP contribution is 2.35. The van der Waals surface area contributed by atoms with Crippen molar-refractivity contribution in [3.63, 3.8) is 0 Å². The first kappa shape index (κ1) is 23.5. The lowest BCUT2D eigenvalue weighted by molar-refractivity contribution is -0.138. The molecule has 0 atom stereocenters. The van der Waals surface area contributed by atoms with Crippen LogP contribution in [0.1, 0.15) is 51.0 Å². The van der Waals surface area contributed by atoms with Crippen LogP contribution in [0.5, 0.6) is 5.75 Å². The van der Waals surface area contributed by atoms with E-state index in [4.69, 9.17) is 10.2 Å². The molecule has 3 aromatic rings. The Morgan fingerprint density at radius 3 is 2.46 bits per heavy atom. The van der Waals surface area contributed by atoms with Crippen LogP contribution in [0.4, 0.5) is 5.82 Å². The number of para-hydroxylation sites is 1. The Kier molecular flexibility index (Phi) is 6.86. The highest BCUT2D eigenvalue weighted by molar-refractivity contribution is 5.88. The lowest BCUT2D eigenvalue weighted by Gasteiger charge is -2.36. The first-order valence-corrected chi connectivity index (χ1v) is 12.7. The second-order valence-electron chi connectivity index (χ2n) is 10.0. The van der Waals surface area contributed by atoms with Crippen LogP contribution in [0.25, 0.3) is 22.3 Å². The van der Waals surface area contributed by atoms with Crippen molar-refractivity contribution in [3.8, 4) is 17.0 Å². The third-order valence-electron chi connectivity index (χ3n) is 7.72. The zero-order chi connectivity index (χ0) is 24.4. The molecule has 2 fully saturated rings. The second-order valence-corrected chi connectivity index (χ2v) is 10.0. The van der Waals surface area contributed by atoms with Crippen molar-refractivity contribution < 1.29 is 15.0 Å². The Bertz CT molecular complexity index is 1180. The van der Waals surface area contributed by atoms with Gasteiger partial charge in [0.25, 0.3) is 0 Å². The number of phenols is 1. The minimum Gasteiger partial charge on any atom is -0.507 e. The molecule has 9 nitrogen and oxygen atoms in total. The molecule has 2 aliphatic rings. The van der Waals surface area contributed by atoms with Gasteiger partial charge in [0, 0.05) is 38.7 Å². The van der Waals surface area contributed by atoms with E-state index in [0.717, 1.165) is 75.0 Å². The van der Waals surface area contributed by atoms with Crippen LogP contribution < -0.4 is 5.32 Å². The van der Waals surface area contributed by atoms with E-state index in [-0.39, 0.29) is 11.8 Å². The molecule has 3 N–H and O–H groups in total. The van der Waals surface area contributed by atoms with Gasteiger partial charge in [-0.1, -0.05) is 12.1 Å². The van der Waals surface area contributed by atoms with E-state index < -0.39 is 5.97 Å². The van der Waals surface area contributed by atoms with Gasteiger partial charge in [-0.2, -0.15) is 5.10 Å². The van der Waals surface area contributed by atoms with Gasteiger partial charge in [-0.25, -0.2) is 0 Å². The number of carboxylic acid groups (broad SMARTS) is 1. The van der Waals surface area contributed by atoms with Gasteiger partial charge in [0.2, 0.25) is 0 Å². The maximum absolute atomic E-state index is 11.0. The number of hydrogen-bond acceptors (Lipinski definition) is 7. The Hall–Kier alpha value is -3.20. The van der Waals surface area contributed by atoms with Gasteiger partial charge in [0.05, 0.1) is 17.3 Å². The number of piperidine rings is 1. The van der Waals surface area contributed by atoms with E-state index in [0.29, 0.717) is 29.5 Å². The van der Waals surface area contributed by atoms with Gasteiger partial charge in [0.1, 0.15) is 5.75 Å². The molecule has 5 rings (SSSR count). The molecule has 9 heteroatoms. The van der Waals surface area contributed by atoms with Crippen LogP contribution in [0.2, 0.25) is 0 Å². The third-order valence-corrected chi connectivity index (χ3v) is 7.72. The highest BCUT2D eigenvalue weighted by Gasteiger charge is 2.28. The smallest absolute Gasteiger partial charge is 0.303 e. The number of carboxylic acids is 1. The van der Waals surface area contributed by atoms with Crippen LogP contribution in [-0.4, -0.2) is 67.7 Å². The van der Waals surface area contributed by atoms with Crippen LogP contribution in [-0.2, 0) is 4.79 Å². The number of phenolic OH excluding ortho intramolecular Hbond substituents is 1. The van der Waals surface area contributed by atoms with Gasteiger partial charge in [-0.05, 0) is 68.6 Å². The molecular weight excluding hydrogens is 444 g/mol. The summed E-state index contributed by atoms with van der Waals surface area (Å²) in [5.74, 6) is 1.27. The number of nitrogens with one attached hydrogen (secondary N) is 1. The fourth-order valence-electron chi connectivity index (χ4n) is 5.78. The molecule has 1 saturated carbocycles. The number of fused-ring (bicyclic) bond motifs is 1. The highest BCUT2D eigenvalue weighted by atomic mass is 16.4. The van der Waals surface area contributed by atoms with Crippen molar-refractivity contribution in [1.82, 2.24) is 24.9 Å². The maximum atomic E-state index is 11.0. The number of anilines is 1. The molecule has 186 valence electrons. The first-order chi connectivity index (χ1) is 17.0. The molecule has 0 unspecified atom stereocenters. The van der Waals surface area contributed by atoms with Crippen molar-refractivity contribution in [2.45, 2.75) is 51.0 Å². The molecule has 1 aliphatic heterocycles. The molecule has 0 amide bonds. The molecule has 1 saturated heterocycles. The Morgan fingerprint density at radius 2 is 1.77 bits per heavy atom. The van der Waals surface area contributed by atoms with Gasteiger partial charge < -0.3 is 20.4 Å². The van der Waals surface area contributed by atoms with Gasteiger partial charge in [-0.3, -0.25) is 9.48 Å². The summed E-state index contributed by atoms with van der Waals surface area (Å²) in [6.07, 6.45) is 6.72. The fraction of sp³-hybridized carbons (Fsp3) is 0.538. The number of nitrogens with zero attached hydrogens (tertiary/aromatic N) is 5. The lowest BCUT2D eigenvalue weighted by Crippen LogP contribution is -2.38. The van der Waals surface area contributed by atoms with Gasteiger partial charge in [0.15, 0.2) is 11.3 Å². The number of benzene rings is 1. The molecule has 0 spiro atoms. The molecule has 1 aromatic carbocycles. The normalized spacial score (nSPS) is 21.9. The minimum atomic E-state index is -0.665. The number of rotatable bonds is 7. The molecule has 3 heterocycles. The summed E-state index contributed by atoms with van der Waals surface area (Å²) in [6, 6.07) is 9.44. The summed E-state index contributed by atoms with van der Waals surface area (Å²) in [5.41, 5.74) is 2.97. The van der Waals surface area contributed by atoms with Crippen molar-refractivity contribution in [2.75, 3.05) is 32.0 Å². The maximum Gasteiger partial charge on any atom is 0.303 e. The zero-order valence-corrected chi connectivity index (χ0v) is 20.2. The quantitative estimate of drug-likeness (QED) is 0.464. The number of aromatic hydroxyl groups is 1. The predicted octanol–water partition coefficient (Wildman–Crippen LogP) is 4.16. The van der Waals surface area contributed by atoms with E-state index in [1.54, 1.807) is 12.1 Å². The molecule has 35 heavy (non-hydrogen) atoms. The summed E-state index contributed by atoms with van der Waals surface area (Å²) < 4.78 is 2.09. The zero-order valence-electron chi connectivity index (χ0n) is 20.2. The largest absolute Gasteiger partial charge is 0.507 e. The van der Waals surface area contributed by atoms with E-state index in [9.17, 15) is 9.90 Å². The minimum absolute atomic E-state index is 0.186. The molecule has 1 aliphatic carbocycles. The Morgan fingerprint density at radius 1 is 1.06 bits per heavy atom. The predicted molar refractivity (Wildman–Crippen MR) is 134 cm³/mol. The average Bonchev–Trinajstić information content (AvgIpc) is 3.24.